The van der Waals surface area contributed by atoms with Crippen LogP contribution in [0, 0.1) is 12.8 Å². The Morgan fingerprint density at radius 2 is 2.00 bits per heavy atom. The van der Waals surface area contributed by atoms with E-state index in [1.165, 1.54) is 0 Å². The van der Waals surface area contributed by atoms with Crippen LogP contribution in [-0.4, -0.2) is 30.4 Å². The summed E-state index contributed by atoms with van der Waals surface area (Å²) in [5.41, 5.74) is 8.25. The first-order chi connectivity index (χ1) is 9.79. The van der Waals surface area contributed by atoms with Crippen LogP contribution in [0.4, 0.5) is 11.4 Å². The van der Waals surface area contributed by atoms with E-state index in [1.807, 2.05) is 19.1 Å². The Labute approximate surface area is 128 Å². The molecule has 118 valence electrons. The number of amides is 1. The van der Waals surface area contributed by atoms with Gasteiger partial charge in [-0.2, -0.15) is 0 Å². The number of carbonyl (C=O) groups excluding carboxylic acids is 1. The number of nitrogens with zero attached hydrogens (tertiary/aromatic N) is 1. The first-order valence-electron chi connectivity index (χ1n) is 7.65. The molecule has 1 amide bonds. The van der Waals surface area contributed by atoms with E-state index in [4.69, 9.17) is 5.73 Å². The summed E-state index contributed by atoms with van der Waals surface area (Å²) < 4.78 is 0. The first-order valence-corrected chi connectivity index (χ1v) is 7.65. The van der Waals surface area contributed by atoms with Crippen LogP contribution >= 0.6 is 0 Å². The van der Waals surface area contributed by atoms with Crippen molar-refractivity contribution in [3.63, 3.8) is 0 Å². The average molecular weight is 291 g/mol. The second kappa shape index (κ2) is 8.03. The van der Waals surface area contributed by atoms with Gasteiger partial charge < -0.3 is 16.0 Å². The summed E-state index contributed by atoms with van der Waals surface area (Å²) in [6.07, 6.45) is 1.64. The van der Waals surface area contributed by atoms with Crippen LogP contribution < -0.4 is 11.1 Å². The minimum absolute atomic E-state index is 0.0345. The van der Waals surface area contributed by atoms with Crippen LogP contribution in [0.2, 0.25) is 0 Å². The Kier molecular flexibility index (Phi) is 6.69. The predicted octanol–water partition coefficient (Wildman–Crippen LogP) is 3.27. The van der Waals surface area contributed by atoms with Crippen LogP contribution in [0.1, 0.15) is 39.2 Å². The Hall–Kier alpha value is -1.55. The highest BCUT2D eigenvalue weighted by Crippen LogP contribution is 2.18. The Morgan fingerprint density at radius 3 is 2.62 bits per heavy atom. The molecule has 4 heteroatoms. The monoisotopic (exact) mass is 291 g/mol. The first kappa shape index (κ1) is 17.5. The van der Waals surface area contributed by atoms with Crippen molar-refractivity contribution in [3.05, 3.63) is 23.8 Å². The van der Waals surface area contributed by atoms with E-state index in [0.717, 1.165) is 24.2 Å². The van der Waals surface area contributed by atoms with Crippen molar-refractivity contribution in [1.82, 2.24) is 4.90 Å². The fraction of sp³-hybridized carbons (Fsp3) is 0.588. The highest BCUT2D eigenvalue weighted by molar-refractivity contribution is 5.92. The summed E-state index contributed by atoms with van der Waals surface area (Å²) in [5, 5.41) is 2.94. The van der Waals surface area contributed by atoms with Crippen molar-refractivity contribution in [2.45, 2.75) is 46.6 Å². The van der Waals surface area contributed by atoms with Crippen molar-refractivity contribution in [2.75, 3.05) is 24.6 Å². The smallest absolute Gasteiger partial charge is 0.225 e. The number of nitrogen functional groups attached to an aromatic ring is 1. The number of nitrogens with two attached hydrogens (primary N) is 1. The average Bonchev–Trinajstić information content (AvgIpc) is 2.39. The van der Waals surface area contributed by atoms with Gasteiger partial charge in [0.1, 0.15) is 0 Å². The lowest BCUT2D eigenvalue weighted by atomic mass is 10.0. The van der Waals surface area contributed by atoms with Gasteiger partial charge >= 0.3 is 0 Å². The topological polar surface area (TPSA) is 58.4 Å². The number of nitrogens with one attached hydrogen (secondary N) is 1. The van der Waals surface area contributed by atoms with E-state index in [2.05, 4.69) is 38.0 Å². The van der Waals surface area contributed by atoms with Gasteiger partial charge in [0.25, 0.3) is 0 Å². The molecule has 0 aromatic heterocycles. The van der Waals surface area contributed by atoms with Gasteiger partial charge in [-0.05, 0) is 50.9 Å². The molecule has 1 aromatic carbocycles. The molecule has 1 atom stereocenters. The molecule has 4 nitrogen and oxygen atoms in total. The maximum Gasteiger partial charge on any atom is 0.225 e. The quantitative estimate of drug-likeness (QED) is 0.758. The van der Waals surface area contributed by atoms with E-state index in [-0.39, 0.29) is 5.91 Å². The van der Waals surface area contributed by atoms with Crippen LogP contribution in [0.5, 0.6) is 0 Å². The van der Waals surface area contributed by atoms with Crippen LogP contribution in [0.25, 0.3) is 0 Å². The third-order valence-corrected chi connectivity index (χ3v) is 3.79. The summed E-state index contributed by atoms with van der Waals surface area (Å²) in [4.78, 5) is 14.3. The van der Waals surface area contributed by atoms with Crippen molar-refractivity contribution in [1.29, 1.82) is 0 Å². The number of anilines is 2. The lowest BCUT2D eigenvalue weighted by Crippen LogP contribution is -2.33. The van der Waals surface area contributed by atoms with Crippen molar-refractivity contribution < 1.29 is 4.79 Å². The molecule has 0 saturated heterocycles. The molecule has 21 heavy (non-hydrogen) atoms. The van der Waals surface area contributed by atoms with Crippen molar-refractivity contribution >= 4 is 17.3 Å². The van der Waals surface area contributed by atoms with Crippen molar-refractivity contribution in [2.24, 2.45) is 5.92 Å². The lowest BCUT2D eigenvalue weighted by Gasteiger charge is -2.25. The fourth-order valence-electron chi connectivity index (χ4n) is 2.35. The number of hydrogen-bond donors (Lipinski definition) is 2. The molecule has 0 aliphatic carbocycles. The maximum atomic E-state index is 12.0. The van der Waals surface area contributed by atoms with Gasteiger partial charge in [0.05, 0.1) is 0 Å². The maximum absolute atomic E-state index is 12.0. The molecule has 3 N–H and O–H groups in total. The summed E-state index contributed by atoms with van der Waals surface area (Å²) in [6.45, 7) is 9.38. The van der Waals surface area contributed by atoms with Crippen LogP contribution in [-0.2, 0) is 4.79 Å². The summed E-state index contributed by atoms with van der Waals surface area (Å²) in [6, 6.07) is 6.05. The third kappa shape index (κ3) is 6.17. The molecule has 0 fully saturated rings. The Bertz CT molecular complexity index is 471. The zero-order valence-corrected chi connectivity index (χ0v) is 13.9. The number of hydrogen-bond acceptors (Lipinski definition) is 3. The molecule has 1 rings (SSSR count). The highest BCUT2D eigenvalue weighted by atomic mass is 16.1. The van der Waals surface area contributed by atoms with Gasteiger partial charge in [-0.25, -0.2) is 0 Å². The minimum atomic E-state index is 0.0345. The van der Waals surface area contributed by atoms with E-state index in [0.29, 0.717) is 24.1 Å². The van der Waals surface area contributed by atoms with E-state index < -0.39 is 0 Å². The Morgan fingerprint density at radius 1 is 1.33 bits per heavy atom. The van der Waals surface area contributed by atoms with Gasteiger partial charge in [-0.3, -0.25) is 4.79 Å². The van der Waals surface area contributed by atoms with Gasteiger partial charge in [0, 0.05) is 30.4 Å². The van der Waals surface area contributed by atoms with Crippen molar-refractivity contribution in [3.8, 4) is 0 Å². The second-order valence-corrected chi connectivity index (χ2v) is 6.33. The lowest BCUT2D eigenvalue weighted by molar-refractivity contribution is -0.116. The molecular formula is C17H29N3O. The molecule has 0 bridgehead atoms. The number of aryl methyl sites for hydroxylation is 1. The molecule has 0 heterocycles. The van der Waals surface area contributed by atoms with Gasteiger partial charge in [-0.1, -0.05) is 19.9 Å². The third-order valence-electron chi connectivity index (χ3n) is 3.79. The van der Waals surface area contributed by atoms with E-state index >= 15 is 0 Å². The summed E-state index contributed by atoms with van der Waals surface area (Å²) in [5.74, 6) is 0.707. The largest absolute Gasteiger partial charge is 0.399 e. The Balaban J connectivity index is 2.45. The van der Waals surface area contributed by atoms with Gasteiger partial charge in [0.15, 0.2) is 0 Å². The molecule has 1 aromatic rings. The van der Waals surface area contributed by atoms with E-state index in [9.17, 15) is 4.79 Å². The van der Waals surface area contributed by atoms with Gasteiger partial charge in [-0.15, -0.1) is 0 Å². The predicted molar refractivity (Wildman–Crippen MR) is 90.4 cm³/mol. The zero-order chi connectivity index (χ0) is 16.0. The number of carbonyl (C=O) groups is 1. The molecule has 0 saturated carbocycles. The molecule has 0 aliphatic heterocycles. The second-order valence-electron chi connectivity index (χ2n) is 6.33. The highest BCUT2D eigenvalue weighted by Gasteiger charge is 2.13. The SMILES string of the molecule is Cc1ccc(N)cc1NC(=O)CCN(C)C(C)CC(C)C. The molecule has 0 aliphatic rings. The normalized spacial score (nSPS) is 12.7. The molecular weight excluding hydrogens is 262 g/mol. The molecule has 0 spiro atoms. The summed E-state index contributed by atoms with van der Waals surface area (Å²) >= 11 is 0. The molecule has 1 unspecified atom stereocenters. The minimum Gasteiger partial charge on any atom is -0.399 e. The number of benzene rings is 1. The number of rotatable bonds is 7. The summed E-state index contributed by atoms with van der Waals surface area (Å²) in [7, 11) is 2.08. The van der Waals surface area contributed by atoms with E-state index in [1.54, 1.807) is 6.07 Å². The van der Waals surface area contributed by atoms with Crippen LogP contribution in [0.15, 0.2) is 18.2 Å². The fourth-order valence-corrected chi connectivity index (χ4v) is 2.35. The van der Waals surface area contributed by atoms with Crippen LogP contribution in [0.3, 0.4) is 0 Å². The molecule has 0 radical (unpaired) electrons. The van der Waals surface area contributed by atoms with Gasteiger partial charge in [0.2, 0.25) is 5.91 Å². The zero-order valence-electron chi connectivity index (χ0n) is 13.9. The standard InChI is InChI=1S/C17H29N3O/c1-12(2)10-14(4)20(5)9-8-17(21)19-16-11-15(18)7-6-13(16)3/h6-7,11-12,14H,8-10,18H2,1-5H3,(H,19,21).